The van der Waals surface area contributed by atoms with Crippen LogP contribution in [0, 0.1) is 5.82 Å². The smallest absolute Gasteiger partial charge is 0.258 e. The summed E-state index contributed by atoms with van der Waals surface area (Å²) in [4.78, 5) is 12.0. The van der Waals surface area contributed by atoms with E-state index >= 15 is 0 Å². The second kappa shape index (κ2) is 9.38. The van der Waals surface area contributed by atoms with Crippen LogP contribution in [0.5, 0.6) is 11.5 Å². The van der Waals surface area contributed by atoms with Crippen molar-refractivity contribution in [2.24, 2.45) is 0 Å². The van der Waals surface area contributed by atoms with Gasteiger partial charge in [0.15, 0.2) is 18.2 Å². The minimum Gasteiger partial charge on any atom is -0.489 e. The number of benzene rings is 3. The summed E-state index contributed by atoms with van der Waals surface area (Å²) in [5, 5.41) is 2.69. The first kappa shape index (κ1) is 18.5. The van der Waals surface area contributed by atoms with E-state index in [1.165, 1.54) is 6.07 Å². The Labute approximate surface area is 157 Å². The molecule has 0 aliphatic carbocycles. The van der Waals surface area contributed by atoms with E-state index in [1.54, 1.807) is 18.2 Å². The predicted octanol–water partition coefficient (Wildman–Crippen LogP) is 4.07. The Hall–Kier alpha value is -3.34. The summed E-state index contributed by atoms with van der Waals surface area (Å²) >= 11 is 0. The van der Waals surface area contributed by atoms with E-state index in [0.717, 1.165) is 11.1 Å². The average molecular weight is 365 g/mol. The van der Waals surface area contributed by atoms with Crippen LogP contribution in [0.2, 0.25) is 0 Å². The zero-order chi connectivity index (χ0) is 18.9. The fraction of sp³-hybridized carbons (Fsp3) is 0.136. The van der Waals surface area contributed by atoms with Crippen LogP contribution in [-0.4, -0.2) is 25.7 Å². The fourth-order valence-electron chi connectivity index (χ4n) is 2.56. The van der Waals surface area contributed by atoms with E-state index in [9.17, 15) is 9.18 Å². The number of para-hydroxylation sites is 2. The van der Waals surface area contributed by atoms with Crippen LogP contribution in [0.3, 0.4) is 0 Å². The molecule has 138 valence electrons. The van der Waals surface area contributed by atoms with Gasteiger partial charge in [0.2, 0.25) is 0 Å². The van der Waals surface area contributed by atoms with Crippen molar-refractivity contribution in [1.29, 1.82) is 0 Å². The lowest BCUT2D eigenvalue weighted by molar-refractivity contribution is -0.123. The first-order valence-corrected chi connectivity index (χ1v) is 8.65. The molecule has 4 nitrogen and oxygen atoms in total. The van der Waals surface area contributed by atoms with Gasteiger partial charge in [-0.2, -0.15) is 0 Å². The maximum atomic E-state index is 13.4. The Morgan fingerprint density at radius 3 is 2.26 bits per heavy atom. The number of carbonyl (C=O) groups is 1. The summed E-state index contributed by atoms with van der Waals surface area (Å²) in [6, 6.07) is 23.5. The van der Waals surface area contributed by atoms with E-state index in [0.29, 0.717) is 5.75 Å². The maximum absolute atomic E-state index is 13.4. The number of hydrogen-bond donors (Lipinski definition) is 1. The molecule has 0 radical (unpaired) electrons. The molecular weight excluding hydrogens is 345 g/mol. The molecule has 27 heavy (non-hydrogen) atoms. The van der Waals surface area contributed by atoms with Gasteiger partial charge in [0.1, 0.15) is 12.4 Å². The standard InChI is InChI=1S/C22H20FNO3/c23-19-11-5-7-13-21(19)26-15-14-24-22(25)16-27-20-12-6-4-10-18(20)17-8-2-1-3-9-17/h1-13H,14-16H2,(H,24,25). The highest BCUT2D eigenvalue weighted by molar-refractivity contribution is 5.78. The van der Waals surface area contributed by atoms with E-state index in [2.05, 4.69) is 5.32 Å². The molecule has 0 aliphatic rings. The number of rotatable bonds is 8. The largest absolute Gasteiger partial charge is 0.489 e. The van der Waals surface area contributed by atoms with E-state index in [-0.39, 0.29) is 31.4 Å². The van der Waals surface area contributed by atoms with Crippen molar-refractivity contribution in [2.75, 3.05) is 19.8 Å². The quantitative estimate of drug-likeness (QED) is 0.612. The number of amides is 1. The highest BCUT2D eigenvalue weighted by Gasteiger charge is 2.08. The van der Waals surface area contributed by atoms with Crippen molar-refractivity contribution in [3.63, 3.8) is 0 Å². The molecule has 3 aromatic rings. The molecule has 0 aromatic heterocycles. The minimum absolute atomic E-state index is 0.108. The van der Waals surface area contributed by atoms with Crippen molar-refractivity contribution in [1.82, 2.24) is 5.32 Å². The molecule has 0 bridgehead atoms. The van der Waals surface area contributed by atoms with Gasteiger partial charge in [-0.15, -0.1) is 0 Å². The van der Waals surface area contributed by atoms with Gasteiger partial charge in [0.25, 0.3) is 5.91 Å². The van der Waals surface area contributed by atoms with Crippen molar-refractivity contribution < 1.29 is 18.7 Å². The number of halogens is 1. The lowest BCUT2D eigenvalue weighted by Crippen LogP contribution is -2.32. The Kier molecular flexibility index (Phi) is 6.41. The first-order valence-electron chi connectivity index (χ1n) is 8.65. The molecule has 0 spiro atoms. The Morgan fingerprint density at radius 1 is 0.815 bits per heavy atom. The number of ether oxygens (including phenoxy) is 2. The molecule has 1 amide bonds. The van der Waals surface area contributed by atoms with Crippen molar-refractivity contribution in [2.45, 2.75) is 0 Å². The lowest BCUT2D eigenvalue weighted by Gasteiger charge is -2.12. The summed E-state index contributed by atoms with van der Waals surface area (Å²) in [6.07, 6.45) is 0. The summed E-state index contributed by atoms with van der Waals surface area (Å²) in [7, 11) is 0. The van der Waals surface area contributed by atoms with Gasteiger partial charge in [-0.3, -0.25) is 4.79 Å². The number of hydrogen-bond acceptors (Lipinski definition) is 3. The van der Waals surface area contributed by atoms with Crippen molar-refractivity contribution in [3.8, 4) is 22.6 Å². The van der Waals surface area contributed by atoms with E-state index in [4.69, 9.17) is 9.47 Å². The van der Waals surface area contributed by atoms with Crippen LogP contribution >= 0.6 is 0 Å². The van der Waals surface area contributed by atoms with Gasteiger partial charge in [-0.05, 0) is 23.8 Å². The molecule has 3 rings (SSSR count). The highest BCUT2D eigenvalue weighted by atomic mass is 19.1. The molecule has 0 heterocycles. The molecule has 0 aliphatic heterocycles. The van der Waals surface area contributed by atoms with Crippen molar-refractivity contribution in [3.05, 3.63) is 84.7 Å². The predicted molar refractivity (Wildman–Crippen MR) is 102 cm³/mol. The molecule has 0 saturated carbocycles. The normalized spacial score (nSPS) is 10.3. The van der Waals surface area contributed by atoms with Crippen molar-refractivity contribution >= 4 is 5.91 Å². The van der Waals surface area contributed by atoms with Gasteiger partial charge >= 0.3 is 0 Å². The van der Waals surface area contributed by atoms with Gasteiger partial charge in [0.05, 0.1) is 6.54 Å². The third-order valence-electron chi connectivity index (χ3n) is 3.85. The minimum atomic E-state index is -0.426. The number of nitrogens with one attached hydrogen (secondary N) is 1. The number of carbonyl (C=O) groups excluding carboxylic acids is 1. The molecule has 0 atom stereocenters. The topological polar surface area (TPSA) is 47.6 Å². The summed E-state index contributed by atoms with van der Waals surface area (Å²) in [6.45, 7) is 0.327. The third kappa shape index (κ3) is 5.31. The zero-order valence-electron chi connectivity index (χ0n) is 14.7. The van der Waals surface area contributed by atoms with Crippen LogP contribution in [0.1, 0.15) is 0 Å². The second-order valence-electron chi connectivity index (χ2n) is 5.78. The Balaban J connectivity index is 1.47. The van der Waals surface area contributed by atoms with Crippen LogP contribution in [0.15, 0.2) is 78.9 Å². The molecule has 5 heteroatoms. The first-order chi connectivity index (χ1) is 13.2. The molecule has 0 unspecified atom stereocenters. The lowest BCUT2D eigenvalue weighted by atomic mass is 10.1. The zero-order valence-corrected chi connectivity index (χ0v) is 14.7. The molecule has 3 aromatic carbocycles. The summed E-state index contributed by atoms with van der Waals surface area (Å²) in [5.41, 5.74) is 1.94. The molecule has 1 N–H and O–H groups in total. The molecule has 0 fully saturated rings. The molecular formula is C22H20FNO3. The van der Waals surface area contributed by atoms with Gasteiger partial charge < -0.3 is 14.8 Å². The second-order valence-corrected chi connectivity index (χ2v) is 5.78. The Bertz CT molecular complexity index is 883. The third-order valence-corrected chi connectivity index (χ3v) is 3.85. The van der Waals surface area contributed by atoms with E-state index in [1.807, 2.05) is 54.6 Å². The Morgan fingerprint density at radius 2 is 1.48 bits per heavy atom. The highest BCUT2D eigenvalue weighted by Crippen LogP contribution is 2.29. The van der Waals surface area contributed by atoms with Crippen LogP contribution in [0.4, 0.5) is 4.39 Å². The summed E-state index contributed by atoms with van der Waals surface area (Å²) < 4.78 is 24.4. The van der Waals surface area contributed by atoms with Gasteiger partial charge in [-0.25, -0.2) is 4.39 Å². The van der Waals surface area contributed by atoms with Gasteiger partial charge in [-0.1, -0.05) is 60.7 Å². The summed E-state index contributed by atoms with van der Waals surface area (Å²) in [5.74, 6) is 0.112. The monoisotopic (exact) mass is 365 g/mol. The van der Waals surface area contributed by atoms with Crippen LogP contribution in [-0.2, 0) is 4.79 Å². The average Bonchev–Trinajstić information content (AvgIpc) is 2.72. The fourth-order valence-corrected chi connectivity index (χ4v) is 2.56. The molecule has 0 saturated heterocycles. The maximum Gasteiger partial charge on any atom is 0.258 e. The van der Waals surface area contributed by atoms with Gasteiger partial charge in [0, 0.05) is 5.56 Å². The van der Waals surface area contributed by atoms with Crippen LogP contribution in [0.25, 0.3) is 11.1 Å². The van der Waals surface area contributed by atoms with E-state index < -0.39 is 5.82 Å². The SMILES string of the molecule is O=C(COc1ccccc1-c1ccccc1)NCCOc1ccccc1F. The van der Waals surface area contributed by atoms with Crippen LogP contribution < -0.4 is 14.8 Å².